The maximum Gasteiger partial charge on any atom is 0.416 e. The fourth-order valence-corrected chi connectivity index (χ4v) is 5.66. The minimum atomic E-state index is -4.59. The number of anilines is 3. The summed E-state index contributed by atoms with van der Waals surface area (Å²) in [5.41, 5.74) is 1.80. The number of pyridine rings is 1. The van der Waals surface area contributed by atoms with Gasteiger partial charge in [-0.3, -0.25) is 19.4 Å². The molecule has 37 heavy (non-hydrogen) atoms. The van der Waals surface area contributed by atoms with Gasteiger partial charge in [0.2, 0.25) is 11.8 Å². The molecule has 4 heterocycles. The third kappa shape index (κ3) is 5.15. The number of nitrogens with zero attached hydrogens (tertiary/aromatic N) is 4. The van der Waals surface area contributed by atoms with E-state index in [4.69, 9.17) is 0 Å². The van der Waals surface area contributed by atoms with Crippen LogP contribution in [0.25, 0.3) is 0 Å². The van der Waals surface area contributed by atoms with E-state index >= 15 is 0 Å². The molecule has 0 radical (unpaired) electrons. The van der Waals surface area contributed by atoms with E-state index in [2.05, 4.69) is 25.4 Å². The third-order valence-corrected chi connectivity index (χ3v) is 7.38. The molecule has 0 saturated carbocycles. The summed E-state index contributed by atoms with van der Waals surface area (Å²) in [7, 11) is 0. The van der Waals surface area contributed by atoms with E-state index < -0.39 is 35.5 Å². The second-order valence-corrected chi connectivity index (χ2v) is 10.0. The predicted octanol–water partition coefficient (Wildman–Crippen LogP) is 2.80. The average molecular weight is 517 g/mol. The number of hydrogen-bond acceptors (Lipinski definition) is 6. The van der Waals surface area contributed by atoms with Gasteiger partial charge in [-0.15, -0.1) is 0 Å². The van der Waals surface area contributed by atoms with Crippen molar-refractivity contribution in [1.82, 2.24) is 15.2 Å². The quantitative estimate of drug-likeness (QED) is 0.651. The Hall–Kier alpha value is -3.18. The summed E-state index contributed by atoms with van der Waals surface area (Å²) in [4.78, 5) is 36.8. The summed E-state index contributed by atoms with van der Waals surface area (Å²) in [5, 5.41) is 6.33. The summed E-state index contributed by atoms with van der Waals surface area (Å²) >= 11 is 0. The fourth-order valence-electron chi connectivity index (χ4n) is 5.66. The SMILES string of the molecule is Cc1cc(C(F)(F)F)cc(N2C(=O)C[C@@H]3CN(CCN4CCNCC4)c4c(C)cccc4NC(=O)[C@H]32)n1. The molecule has 0 spiro atoms. The van der Waals surface area contributed by atoms with Crippen LogP contribution in [-0.2, 0) is 15.8 Å². The van der Waals surface area contributed by atoms with Gasteiger partial charge in [0.25, 0.3) is 0 Å². The minimum Gasteiger partial charge on any atom is -0.368 e. The molecule has 2 atom stereocenters. The largest absolute Gasteiger partial charge is 0.416 e. The van der Waals surface area contributed by atoms with Gasteiger partial charge in [-0.05, 0) is 37.6 Å². The van der Waals surface area contributed by atoms with E-state index in [0.717, 1.165) is 61.0 Å². The van der Waals surface area contributed by atoms with Crippen molar-refractivity contribution >= 4 is 29.0 Å². The number of alkyl halides is 3. The first-order chi connectivity index (χ1) is 17.6. The van der Waals surface area contributed by atoms with Crippen LogP contribution in [0.5, 0.6) is 0 Å². The molecular formula is C26H31F3N6O2. The molecule has 5 rings (SSSR count). The Kier molecular flexibility index (Phi) is 6.84. The molecule has 2 N–H and O–H groups in total. The lowest BCUT2D eigenvalue weighted by Gasteiger charge is -2.38. The molecule has 0 unspecified atom stereocenters. The number of carbonyl (C=O) groups excluding carboxylic acids is 2. The molecule has 3 aliphatic rings. The maximum absolute atomic E-state index is 13.5. The van der Waals surface area contributed by atoms with E-state index in [9.17, 15) is 22.8 Å². The number of benzene rings is 1. The van der Waals surface area contributed by atoms with Gasteiger partial charge in [-0.2, -0.15) is 13.2 Å². The van der Waals surface area contributed by atoms with Crippen LogP contribution in [0.3, 0.4) is 0 Å². The smallest absolute Gasteiger partial charge is 0.368 e. The lowest BCUT2D eigenvalue weighted by atomic mass is 9.95. The Labute approximate surface area is 213 Å². The van der Waals surface area contributed by atoms with Crippen LogP contribution in [0.15, 0.2) is 30.3 Å². The zero-order valence-corrected chi connectivity index (χ0v) is 20.9. The van der Waals surface area contributed by atoms with Crippen LogP contribution in [-0.4, -0.2) is 73.6 Å². The van der Waals surface area contributed by atoms with Crippen molar-refractivity contribution in [2.45, 2.75) is 32.5 Å². The highest BCUT2D eigenvalue weighted by Crippen LogP contribution is 2.39. The van der Waals surface area contributed by atoms with Crippen LogP contribution in [0.1, 0.15) is 23.2 Å². The molecule has 8 nitrogen and oxygen atoms in total. The van der Waals surface area contributed by atoms with Crippen molar-refractivity contribution in [1.29, 1.82) is 0 Å². The Morgan fingerprint density at radius 1 is 1.08 bits per heavy atom. The molecule has 0 aliphatic carbocycles. The second kappa shape index (κ2) is 9.94. The zero-order chi connectivity index (χ0) is 26.3. The van der Waals surface area contributed by atoms with Crippen LogP contribution >= 0.6 is 0 Å². The molecular weight excluding hydrogens is 485 g/mol. The van der Waals surface area contributed by atoms with Crippen molar-refractivity contribution in [2.75, 3.05) is 60.9 Å². The topological polar surface area (TPSA) is 80.8 Å². The standard InChI is InChI=1S/C26H31F3N6O2/c1-16-4-3-5-20-23(16)34(11-10-33-8-6-30-7-9-33)15-18-13-22(36)35(24(18)25(37)32-20)21-14-19(26(27,28)29)12-17(2)31-21/h3-5,12,14,18,24,30H,6-11,13,15H2,1-2H3,(H,32,37)/t18-,24+/m1/s1. The van der Waals surface area contributed by atoms with E-state index in [0.29, 0.717) is 18.8 Å². The van der Waals surface area contributed by atoms with Crippen molar-refractivity contribution in [2.24, 2.45) is 5.92 Å². The zero-order valence-electron chi connectivity index (χ0n) is 20.9. The molecule has 1 aromatic heterocycles. The number of aryl methyl sites for hydroxylation is 2. The number of nitrogens with one attached hydrogen (secondary N) is 2. The molecule has 2 saturated heterocycles. The van der Waals surface area contributed by atoms with Gasteiger partial charge in [0.1, 0.15) is 11.9 Å². The summed E-state index contributed by atoms with van der Waals surface area (Å²) in [6.45, 7) is 9.16. The molecule has 11 heteroatoms. The molecule has 2 aromatic rings. The Balaban J connectivity index is 1.50. The fraction of sp³-hybridized carbons (Fsp3) is 0.500. The number of para-hydroxylation sites is 1. The first-order valence-electron chi connectivity index (χ1n) is 12.6. The molecule has 2 fully saturated rings. The van der Waals surface area contributed by atoms with Crippen LogP contribution < -0.4 is 20.4 Å². The molecule has 0 bridgehead atoms. The average Bonchev–Trinajstić information content (AvgIpc) is 3.16. The van der Waals surface area contributed by atoms with Gasteiger partial charge in [0, 0.05) is 63.8 Å². The number of aromatic nitrogens is 1. The second-order valence-electron chi connectivity index (χ2n) is 10.0. The van der Waals surface area contributed by atoms with Gasteiger partial charge in [-0.1, -0.05) is 12.1 Å². The Morgan fingerprint density at radius 2 is 1.84 bits per heavy atom. The van der Waals surface area contributed by atoms with Gasteiger partial charge in [0.15, 0.2) is 0 Å². The number of carbonyl (C=O) groups is 2. The van der Waals surface area contributed by atoms with Gasteiger partial charge in [-0.25, -0.2) is 4.98 Å². The highest BCUT2D eigenvalue weighted by molar-refractivity contribution is 6.09. The van der Waals surface area contributed by atoms with Crippen LogP contribution in [0, 0.1) is 19.8 Å². The Bertz CT molecular complexity index is 1200. The third-order valence-electron chi connectivity index (χ3n) is 7.38. The van der Waals surface area contributed by atoms with Gasteiger partial charge >= 0.3 is 6.18 Å². The lowest BCUT2D eigenvalue weighted by Crippen LogP contribution is -2.51. The summed E-state index contributed by atoms with van der Waals surface area (Å²) in [6.07, 6.45) is -4.54. The number of rotatable bonds is 4. The number of hydrogen-bond donors (Lipinski definition) is 2. The lowest BCUT2D eigenvalue weighted by molar-refractivity contribution is -0.137. The number of piperazine rings is 1. The van der Waals surface area contributed by atoms with Crippen LogP contribution in [0.2, 0.25) is 0 Å². The van der Waals surface area contributed by atoms with Crippen LogP contribution in [0.4, 0.5) is 30.4 Å². The normalized spacial score (nSPS) is 22.8. The summed E-state index contributed by atoms with van der Waals surface area (Å²) in [5.74, 6) is -1.36. The first-order valence-corrected chi connectivity index (χ1v) is 12.6. The number of amides is 2. The van der Waals surface area contributed by atoms with E-state index in [1.54, 1.807) is 0 Å². The number of halogens is 3. The highest BCUT2D eigenvalue weighted by atomic mass is 19.4. The van der Waals surface area contributed by atoms with Gasteiger partial charge < -0.3 is 15.5 Å². The molecule has 198 valence electrons. The van der Waals surface area contributed by atoms with Crippen molar-refractivity contribution < 1.29 is 22.8 Å². The summed E-state index contributed by atoms with van der Waals surface area (Å²) < 4.78 is 40.6. The first kappa shape index (κ1) is 25.5. The number of fused-ring (bicyclic) bond motifs is 2. The Morgan fingerprint density at radius 3 is 2.57 bits per heavy atom. The highest BCUT2D eigenvalue weighted by Gasteiger charge is 2.48. The monoisotopic (exact) mass is 516 g/mol. The van der Waals surface area contributed by atoms with E-state index in [-0.39, 0.29) is 17.9 Å². The van der Waals surface area contributed by atoms with Crippen molar-refractivity contribution in [3.05, 3.63) is 47.2 Å². The van der Waals surface area contributed by atoms with Gasteiger partial charge in [0.05, 0.1) is 16.9 Å². The molecule has 1 aromatic carbocycles. The van der Waals surface area contributed by atoms with E-state index in [1.807, 2.05) is 25.1 Å². The maximum atomic E-state index is 13.5. The van der Waals surface area contributed by atoms with Crippen molar-refractivity contribution in [3.63, 3.8) is 0 Å². The summed E-state index contributed by atoms with van der Waals surface area (Å²) in [6, 6.07) is 6.52. The predicted molar refractivity (Wildman–Crippen MR) is 135 cm³/mol. The van der Waals surface area contributed by atoms with E-state index in [1.165, 1.54) is 6.92 Å². The van der Waals surface area contributed by atoms with Crippen molar-refractivity contribution in [3.8, 4) is 0 Å². The minimum absolute atomic E-state index is 0.0560. The molecule has 3 aliphatic heterocycles. The molecule has 2 amide bonds.